The first-order valence-corrected chi connectivity index (χ1v) is 42.7. The molecule has 0 fully saturated rings. The number of carbonyl (C=O) groups excluding carboxylic acids is 4. The number of ether oxygens (including phenoxy) is 4. The SMILES string of the molecule is CCCCCC/C=C\C=C/CCCCCCCC(=O)O[C@H](COC(=O)CCCCCCCCCC(C)C)COP(=O)(O)OCC(O)COP(=O)(O)OC[C@@H](COC(=O)CCCCCCCCCCCCC(C)CC)OC(=O)CCCCCCCCCCCCCCCCC(C)CC. The van der Waals surface area contributed by atoms with E-state index in [-0.39, 0.29) is 25.7 Å². The van der Waals surface area contributed by atoms with Gasteiger partial charge in [-0.25, -0.2) is 9.13 Å². The molecule has 0 aromatic heterocycles. The van der Waals surface area contributed by atoms with E-state index in [4.69, 9.17) is 37.0 Å². The molecule has 19 heteroatoms. The van der Waals surface area contributed by atoms with E-state index in [2.05, 4.69) is 72.8 Å². The Morgan fingerprint density at radius 3 is 0.918 bits per heavy atom. The maximum Gasteiger partial charge on any atom is 0.472 e. The van der Waals surface area contributed by atoms with Crippen LogP contribution in [-0.2, 0) is 65.4 Å². The monoisotopic (exact) mass is 1420 g/mol. The van der Waals surface area contributed by atoms with Crippen molar-refractivity contribution in [2.75, 3.05) is 39.6 Å². The lowest BCUT2D eigenvalue weighted by molar-refractivity contribution is -0.161. The first-order valence-electron chi connectivity index (χ1n) is 39.7. The van der Waals surface area contributed by atoms with Crippen LogP contribution in [-0.4, -0.2) is 96.7 Å². The zero-order valence-corrected chi connectivity index (χ0v) is 64.8. The Balaban J connectivity index is 5.29. The van der Waals surface area contributed by atoms with Gasteiger partial charge in [0.2, 0.25) is 0 Å². The molecular weight excluding hydrogens is 1270 g/mol. The van der Waals surface area contributed by atoms with Crippen LogP contribution in [0.15, 0.2) is 24.3 Å². The van der Waals surface area contributed by atoms with Crippen molar-refractivity contribution in [1.82, 2.24) is 0 Å². The van der Waals surface area contributed by atoms with Crippen molar-refractivity contribution in [3.63, 3.8) is 0 Å². The molecule has 97 heavy (non-hydrogen) atoms. The minimum absolute atomic E-state index is 0.0840. The Labute approximate surface area is 592 Å². The summed E-state index contributed by atoms with van der Waals surface area (Å²) in [6, 6.07) is 0. The Morgan fingerprint density at radius 2 is 0.608 bits per heavy atom. The predicted molar refractivity (Wildman–Crippen MR) is 395 cm³/mol. The fourth-order valence-electron chi connectivity index (χ4n) is 11.4. The molecule has 0 aromatic rings. The number of esters is 4. The molecule has 0 heterocycles. The molecule has 0 bridgehead atoms. The molecular formula is C78H148O17P2. The summed E-state index contributed by atoms with van der Waals surface area (Å²) in [6.07, 6.45) is 57.6. The van der Waals surface area contributed by atoms with Crippen LogP contribution in [0, 0.1) is 17.8 Å². The third-order valence-corrected chi connectivity index (χ3v) is 20.1. The Hall–Kier alpha value is -2.46. The fraction of sp³-hybridized carbons (Fsp3) is 0.897. The number of hydrogen-bond donors (Lipinski definition) is 3. The molecule has 0 aliphatic rings. The first-order chi connectivity index (χ1) is 46.8. The van der Waals surface area contributed by atoms with Crippen molar-refractivity contribution in [3.05, 3.63) is 24.3 Å². The van der Waals surface area contributed by atoms with E-state index in [0.29, 0.717) is 31.6 Å². The number of aliphatic hydroxyl groups excluding tert-OH is 1. The lowest BCUT2D eigenvalue weighted by atomic mass is 9.99. The largest absolute Gasteiger partial charge is 0.472 e. The standard InChI is InChI=1S/C78H148O17P2/c1-8-11-12-13-14-15-16-17-18-22-25-32-39-47-54-61-78(83)95-74(66-89-76(81)60-53-46-41-34-35-42-49-56-69(4)5)68-93-97(86,87)91-64-72(79)63-90-96(84,85)92-67-73(65-88-75(80)59-52-45-38-31-28-27-30-37-44-51-58-71(7)10-3)94-77(82)62-55-48-40-33-26-23-20-19-21-24-29-36-43-50-57-70(6)9-2/h15-18,69-74,79H,8-14,19-68H2,1-7H3,(H,84,85)(H,86,87)/b16-15-,18-17-/t70?,71?,72?,73-,74-/m1/s1. The lowest BCUT2D eigenvalue weighted by Crippen LogP contribution is -2.30. The molecule has 0 spiro atoms. The summed E-state index contributed by atoms with van der Waals surface area (Å²) >= 11 is 0. The van der Waals surface area contributed by atoms with Gasteiger partial charge in [-0.2, -0.15) is 0 Å². The number of rotatable bonds is 74. The third kappa shape index (κ3) is 69.1. The highest BCUT2D eigenvalue weighted by Crippen LogP contribution is 2.45. The van der Waals surface area contributed by atoms with Crippen molar-refractivity contribution in [3.8, 4) is 0 Å². The predicted octanol–water partition coefficient (Wildman–Crippen LogP) is 22.5. The maximum atomic E-state index is 13.1. The van der Waals surface area contributed by atoms with Crippen molar-refractivity contribution in [1.29, 1.82) is 0 Å². The molecule has 572 valence electrons. The topological polar surface area (TPSA) is 237 Å². The van der Waals surface area contributed by atoms with E-state index in [9.17, 15) is 43.2 Å². The minimum atomic E-state index is -4.96. The Kier molecular flexibility index (Phi) is 66.3. The van der Waals surface area contributed by atoms with Gasteiger partial charge in [-0.15, -0.1) is 0 Å². The summed E-state index contributed by atoms with van der Waals surface area (Å²) < 4.78 is 68.5. The smallest absolute Gasteiger partial charge is 0.462 e. The maximum absolute atomic E-state index is 13.1. The van der Waals surface area contributed by atoms with Gasteiger partial charge in [0.05, 0.1) is 26.4 Å². The second-order valence-electron chi connectivity index (χ2n) is 28.4. The number of aliphatic hydroxyl groups is 1. The summed E-state index contributed by atoms with van der Waals surface area (Å²) in [5.41, 5.74) is 0. The first kappa shape index (κ1) is 94.5. The minimum Gasteiger partial charge on any atom is -0.462 e. The second-order valence-corrected chi connectivity index (χ2v) is 31.3. The van der Waals surface area contributed by atoms with Crippen LogP contribution in [0.4, 0.5) is 0 Å². The number of phosphoric acid groups is 2. The molecule has 0 amide bonds. The molecule has 0 saturated carbocycles. The van der Waals surface area contributed by atoms with Gasteiger partial charge in [-0.05, 0) is 69.1 Å². The molecule has 5 unspecified atom stereocenters. The van der Waals surface area contributed by atoms with Gasteiger partial charge in [0.15, 0.2) is 12.2 Å². The van der Waals surface area contributed by atoms with E-state index in [1.165, 1.54) is 167 Å². The van der Waals surface area contributed by atoms with Crippen LogP contribution >= 0.6 is 15.6 Å². The van der Waals surface area contributed by atoms with E-state index >= 15 is 0 Å². The number of allylic oxidation sites excluding steroid dienone is 4. The van der Waals surface area contributed by atoms with Crippen molar-refractivity contribution < 1.29 is 80.2 Å². The molecule has 0 aromatic carbocycles. The quantitative estimate of drug-likeness (QED) is 0.0169. The van der Waals surface area contributed by atoms with Gasteiger partial charge < -0.3 is 33.8 Å². The molecule has 7 atom stereocenters. The number of unbranched alkanes of at least 4 members (excludes halogenated alkanes) is 37. The molecule has 17 nitrogen and oxygen atoms in total. The van der Waals surface area contributed by atoms with E-state index in [0.717, 1.165) is 121 Å². The molecule has 3 N–H and O–H groups in total. The number of hydrogen-bond acceptors (Lipinski definition) is 15. The summed E-state index contributed by atoms with van der Waals surface area (Å²) in [5.74, 6) is 0.208. The van der Waals surface area contributed by atoms with Crippen molar-refractivity contribution in [2.24, 2.45) is 17.8 Å². The fourth-order valence-corrected chi connectivity index (χ4v) is 12.9. The highest BCUT2D eigenvalue weighted by molar-refractivity contribution is 7.47. The van der Waals surface area contributed by atoms with E-state index in [1.807, 2.05) is 0 Å². The van der Waals surface area contributed by atoms with Gasteiger partial charge in [-0.1, -0.05) is 323 Å². The Morgan fingerprint density at radius 1 is 0.340 bits per heavy atom. The Bertz CT molecular complexity index is 1990. The van der Waals surface area contributed by atoms with E-state index in [1.54, 1.807) is 0 Å². The number of phosphoric ester groups is 2. The molecule has 0 aliphatic carbocycles. The van der Waals surface area contributed by atoms with Crippen LogP contribution in [0.3, 0.4) is 0 Å². The molecule has 0 rings (SSSR count). The number of carbonyl (C=O) groups is 4. The molecule has 0 saturated heterocycles. The van der Waals surface area contributed by atoms with E-state index < -0.39 is 97.5 Å². The lowest BCUT2D eigenvalue weighted by Gasteiger charge is -2.21. The summed E-state index contributed by atoms with van der Waals surface area (Å²) in [5, 5.41) is 10.6. The normalized spacial score (nSPS) is 14.8. The summed E-state index contributed by atoms with van der Waals surface area (Å²) in [7, 11) is -9.93. The van der Waals surface area contributed by atoms with Crippen LogP contribution in [0.5, 0.6) is 0 Å². The van der Waals surface area contributed by atoms with Gasteiger partial charge in [0, 0.05) is 25.7 Å². The van der Waals surface area contributed by atoms with Crippen LogP contribution in [0.25, 0.3) is 0 Å². The van der Waals surface area contributed by atoms with Crippen molar-refractivity contribution in [2.45, 2.75) is 394 Å². The zero-order valence-electron chi connectivity index (χ0n) is 63.0. The van der Waals surface area contributed by atoms with Crippen LogP contribution < -0.4 is 0 Å². The van der Waals surface area contributed by atoms with Crippen LogP contribution in [0.1, 0.15) is 376 Å². The highest BCUT2D eigenvalue weighted by Gasteiger charge is 2.30. The van der Waals surface area contributed by atoms with Gasteiger partial charge in [0.25, 0.3) is 0 Å². The third-order valence-electron chi connectivity index (χ3n) is 18.2. The van der Waals surface area contributed by atoms with Crippen molar-refractivity contribution >= 4 is 39.5 Å². The average molecular weight is 1420 g/mol. The summed E-state index contributed by atoms with van der Waals surface area (Å²) in [6.45, 7) is 11.9. The van der Waals surface area contributed by atoms with Gasteiger partial charge >= 0.3 is 39.5 Å². The van der Waals surface area contributed by atoms with Crippen LogP contribution in [0.2, 0.25) is 0 Å². The van der Waals surface area contributed by atoms with Gasteiger partial charge in [-0.3, -0.25) is 37.3 Å². The molecule has 0 aliphatic heterocycles. The average Bonchev–Trinajstić information content (AvgIpc) is 1.72. The van der Waals surface area contributed by atoms with Gasteiger partial charge in [0.1, 0.15) is 19.3 Å². The zero-order chi connectivity index (χ0) is 71.6. The molecule has 0 radical (unpaired) electrons. The highest BCUT2D eigenvalue weighted by atomic mass is 31.2. The summed E-state index contributed by atoms with van der Waals surface area (Å²) in [4.78, 5) is 72.9. The second kappa shape index (κ2) is 68.0.